The van der Waals surface area contributed by atoms with E-state index < -0.39 is 0 Å². The SMILES string of the molecule is COC(=O)C1CCN1c1cn(C)nc1C. The molecule has 0 aliphatic carbocycles. The fraction of sp³-hybridized carbons (Fsp3) is 0.600. The Morgan fingerprint density at radius 1 is 1.67 bits per heavy atom. The molecule has 1 aromatic rings. The van der Waals surface area contributed by atoms with Crippen LogP contribution in [0.5, 0.6) is 0 Å². The van der Waals surface area contributed by atoms with Crippen molar-refractivity contribution in [2.75, 3.05) is 18.6 Å². The first-order valence-electron chi connectivity index (χ1n) is 4.98. The van der Waals surface area contributed by atoms with E-state index >= 15 is 0 Å². The minimum atomic E-state index is -0.162. The maximum absolute atomic E-state index is 11.4. The number of aromatic nitrogens is 2. The molecule has 0 spiro atoms. The highest BCUT2D eigenvalue weighted by molar-refractivity contribution is 5.82. The van der Waals surface area contributed by atoms with Gasteiger partial charge in [0.15, 0.2) is 0 Å². The molecule has 1 saturated heterocycles. The smallest absolute Gasteiger partial charge is 0.328 e. The Kier molecular flexibility index (Phi) is 2.38. The van der Waals surface area contributed by atoms with Gasteiger partial charge in [-0.15, -0.1) is 0 Å². The van der Waals surface area contributed by atoms with Gasteiger partial charge < -0.3 is 9.64 Å². The second kappa shape index (κ2) is 3.56. The summed E-state index contributed by atoms with van der Waals surface area (Å²) in [7, 11) is 3.30. The number of hydrogen-bond acceptors (Lipinski definition) is 4. The fourth-order valence-electron chi connectivity index (χ4n) is 1.93. The summed E-state index contributed by atoms with van der Waals surface area (Å²) < 4.78 is 6.51. The van der Waals surface area contributed by atoms with E-state index in [0.717, 1.165) is 24.3 Å². The third-order valence-corrected chi connectivity index (χ3v) is 2.79. The molecular formula is C10H15N3O2. The van der Waals surface area contributed by atoms with Crippen molar-refractivity contribution in [3.8, 4) is 0 Å². The van der Waals surface area contributed by atoms with Crippen LogP contribution < -0.4 is 4.90 Å². The molecule has 0 saturated carbocycles. The number of esters is 1. The first kappa shape index (κ1) is 10.0. The molecule has 2 rings (SSSR count). The molecule has 0 radical (unpaired) electrons. The average Bonchev–Trinajstić information content (AvgIpc) is 2.44. The monoisotopic (exact) mass is 209 g/mol. The Hall–Kier alpha value is -1.52. The number of ether oxygens (including phenoxy) is 1. The first-order valence-corrected chi connectivity index (χ1v) is 4.98. The normalized spacial score (nSPS) is 19.9. The maximum Gasteiger partial charge on any atom is 0.328 e. The Bertz CT molecular complexity index is 386. The molecule has 82 valence electrons. The second-order valence-corrected chi connectivity index (χ2v) is 3.79. The summed E-state index contributed by atoms with van der Waals surface area (Å²) in [5, 5.41) is 4.26. The van der Waals surface area contributed by atoms with Crippen LogP contribution in [0.1, 0.15) is 12.1 Å². The molecule has 0 amide bonds. The lowest BCUT2D eigenvalue weighted by molar-refractivity contribution is -0.143. The zero-order chi connectivity index (χ0) is 11.0. The lowest BCUT2D eigenvalue weighted by Crippen LogP contribution is -2.53. The van der Waals surface area contributed by atoms with E-state index in [9.17, 15) is 4.79 Å². The Morgan fingerprint density at radius 3 is 2.80 bits per heavy atom. The summed E-state index contributed by atoms with van der Waals surface area (Å²) in [6, 6.07) is -0.127. The summed E-state index contributed by atoms with van der Waals surface area (Å²) in [6.07, 6.45) is 2.80. The summed E-state index contributed by atoms with van der Waals surface area (Å²) >= 11 is 0. The van der Waals surface area contributed by atoms with E-state index in [2.05, 4.69) is 5.10 Å². The van der Waals surface area contributed by atoms with Crippen molar-refractivity contribution >= 4 is 11.7 Å². The molecule has 0 aromatic carbocycles. The predicted octanol–water partition coefficient (Wildman–Crippen LogP) is 0.480. The van der Waals surface area contributed by atoms with Gasteiger partial charge >= 0.3 is 5.97 Å². The van der Waals surface area contributed by atoms with Crippen LogP contribution in [0.3, 0.4) is 0 Å². The van der Waals surface area contributed by atoms with Gasteiger partial charge in [-0.3, -0.25) is 4.68 Å². The molecule has 1 fully saturated rings. The van der Waals surface area contributed by atoms with Crippen LogP contribution >= 0.6 is 0 Å². The van der Waals surface area contributed by atoms with Crippen LogP contribution in [0.15, 0.2) is 6.20 Å². The predicted molar refractivity (Wildman–Crippen MR) is 55.7 cm³/mol. The van der Waals surface area contributed by atoms with Crippen molar-refractivity contribution in [3.05, 3.63) is 11.9 Å². The van der Waals surface area contributed by atoms with Crippen molar-refractivity contribution in [2.45, 2.75) is 19.4 Å². The summed E-state index contributed by atoms with van der Waals surface area (Å²) in [5.74, 6) is -0.162. The number of methoxy groups -OCH3 is 1. The minimum absolute atomic E-state index is 0.127. The second-order valence-electron chi connectivity index (χ2n) is 3.79. The van der Waals surface area contributed by atoms with Gasteiger partial charge in [0, 0.05) is 19.8 Å². The van der Waals surface area contributed by atoms with Gasteiger partial charge in [-0.05, 0) is 13.3 Å². The lowest BCUT2D eigenvalue weighted by atomic mass is 10.0. The summed E-state index contributed by atoms with van der Waals surface area (Å²) in [5.41, 5.74) is 1.98. The van der Waals surface area contributed by atoms with E-state index in [1.54, 1.807) is 4.68 Å². The molecule has 15 heavy (non-hydrogen) atoms. The average molecular weight is 209 g/mol. The van der Waals surface area contributed by atoms with Gasteiger partial charge in [0.2, 0.25) is 0 Å². The van der Waals surface area contributed by atoms with Crippen LogP contribution in [0.4, 0.5) is 5.69 Å². The number of hydrogen-bond donors (Lipinski definition) is 0. The number of anilines is 1. The highest BCUT2D eigenvalue weighted by atomic mass is 16.5. The molecule has 0 bridgehead atoms. The van der Waals surface area contributed by atoms with Crippen LogP contribution in [-0.4, -0.2) is 35.4 Å². The van der Waals surface area contributed by atoms with Crippen LogP contribution in [0.25, 0.3) is 0 Å². The fourth-order valence-corrected chi connectivity index (χ4v) is 1.93. The van der Waals surface area contributed by atoms with E-state index in [1.807, 2.05) is 25.1 Å². The molecule has 1 unspecified atom stereocenters. The van der Waals surface area contributed by atoms with E-state index in [0.29, 0.717) is 0 Å². The molecule has 5 heteroatoms. The standard InChI is InChI=1S/C10H15N3O2/c1-7-9(6-12(2)11-7)13-5-4-8(13)10(14)15-3/h6,8H,4-5H2,1-3H3. The van der Waals surface area contributed by atoms with E-state index in [-0.39, 0.29) is 12.0 Å². The summed E-state index contributed by atoms with van der Waals surface area (Å²) in [4.78, 5) is 13.4. The molecule has 1 aliphatic rings. The number of carbonyl (C=O) groups is 1. The molecule has 0 N–H and O–H groups in total. The number of nitrogens with zero attached hydrogens (tertiary/aromatic N) is 3. The zero-order valence-corrected chi connectivity index (χ0v) is 9.23. The zero-order valence-electron chi connectivity index (χ0n) is 9.23. The number of carbonyl (C=O) groups excluding carboxylic acids is 1. The number of aryl methyl sites for hydroxylation is 2. The maximum atomic E-state index is 11.4. The van der Waals surface area contributed by atoms with Crippen molar-refractivity contribution in [1.29, 1.82) is 0 Å². The lowest BCUT2D eigenvalue weighted by Gasteiger charge is -2.40. The van der Waals surface area contributed by atoms with Gasteiger partial charge in [0.1, 0.15) is 6.04 Å². The molecule has 1 atom stereocenters. The van der Waals surface area contributed by atoms with Crippen molar-refractivity contribution in [3.63, 3.8) is 0 Å². The van der Waals surface area contributed by atoms with Gasteiger partial charge in [-0.2, -0.15) is 5.10 Å². The molecule has 2 heterocycles. The van der Waals surface area contributed by atoms with Gasteiger partial charge in [-0.1, -0.05) is 0 Å². The van der Waals surface area contributed by atoms with Crippen LogP contribution in [0, 0.1) is 6.92 Å². The quantitative estimate of drug-likeness (QED) is 0.665. The van der Waals surface area contributed by atoms with Gasteiger partial charge in [0.05, 0.1) is 18.5 Å². The van der Waals surface area contributed by atoms with E-state index in [1.165, 1.54) is 7.11 Å². The van der Waals surface area contributed by atoms with Crippen LogP contribution in [0.2, 0.25) is 0 Å². The first-order chi connectivity index (χ1) is 7.13. The molecule has 1 aliphatic heterocycles. The topological polar surface area (TPSA) is 47.4 Å². The Balaban J connectivity index is 2.18. The largest absolute Gasteiger partial charge is 0.467 e. The Labute approximate surface area is 88.6 Å². The highest BCUT2D eigenvalue weighted by Gasteiger charge is 2.36. The van der Waals surface area contributed by atoms with Crippen molar-refractivity contribution < 1.29 is 9.53 Å². The van der Waals surface area contributed by atoms with Crippen molar-refractivity contribution in [2.24, 2.45) is 7.05 Å². The molecule has 1 aromatic heterocycles. The van der Waals surface area contributed by atoms with Crippen molar-refractivity contribution in [1.82, 2.24) is 9.78 Å². The third kappa shape index (κ3) is 1.58. The number of rotatable bonds is 2. The molecule has 5 nitrogen and oxygen atoms in total. The van der Waals surface area contributed by atoms with E-state index in [4.69, 9.17) is 4.74 Å². The van der Waals surface area contributed by atoms with Gasteiger partial charge in [-0.25, -0.2) is 4.79 Å². The van der Waals surface area contributed by atoms with Gasteiger partial charge in [0.25, 0.3) is 0 Å². The summed E-state index contributed by atoms with van der Waals surface area (Å²) in [6.45, 7) is 2.84. The minimum Gasteiger partial charge on any atom is -0.467 e. The van der Waals surface area contributed by atoms with Crippen LogP contribution in [-0.2, 0) is 16.6 Å². The molecular weight excluding hydrogens is 194 g/mol. The Morgan fingerprint density at radius 2 is 2.40 bits per heavy atom. The highest BCUT2D eigenvalue weighted by Crippen LogP contribution is 2.29. The third-order valence-electron chi connectivity index (χ3n) is 2.79.